The molecule has 9 heteroatoms. The van der Waals surface area contributed by atoms with E-state index < -0.39 is 16.1 Å². The lowest BCUT2D eigenvalue weighted by atomic mass is 10.0. The Hall–Kier alpha value is -3.36. The van der Waals surface area contributed by atoms with E-state index in [4.69, 9.17) is 11.6 Å². The molecule has 39 heavy (non-hydrogen) atoms. The number of nitrogens with one attached hydrogen (secondary N) is 1. The van der Waals surface area contributed by atoms with E-state index in [-0.39, 0.29) is 37.7 Å². The summed E-state index contributed by atoms with van der Waals surface area (Å²) in [6.45, 7) is 4.11. The van der Waals surface area contributed by atoms with Crippen LogP contribution in [-0.2, 0) is 32.6 Å². The van der Waals surface area contributed by atoms with Crippen molar-refractivity contribution >= 4 is 39.1 Å². The van der Waals surface area contributed by atoms with E-state index in [1.165, 1.54) is 4.31 Å². The fourth-order valence-corrected chi connectivity index (χ4v) is 5.73. The van der Waals surface area contributed by atoms with E-state index in [9.17, 15) is 18.0 Å². The quantitative estimate of drug-likeness (QED) is 0.336. The number of aryl methyl sites for hydroxylation is 1. The van der Waals surface area contributed by atoms with Gasteiger partial charge in [0.2, 0.25) is 21.8 Å². The minimum atomic E-state index is -3.62. The third-order valence-electron chi connectivity index (χ3n) is 6.78. The maximum absolute atomic E-state index is 13.8. The summed E-state index contributed by atoms with van der Waals surface area (Å²) in [6, 6.07) is 21.7. The Bertz CT molecular complexity index is 1400. The summed E-state index contributed by atoms with van der Waals surface area (Å²) in [6.07, 6.45) is 1.84. The Balaban J connectivity index is 1.87. The van der Waals surface area contributed by atoms with Gasteiger partial charge in [0.1, 0.15) is 6.04 Å². The summed E-state index contributed by atoms with van der Waals surface area (Å²) in [5.41, 5.74) is 4.04. The van der Waals surface area contributed by atoms with Crippen molar-refractivity contribution in [2.45, 2.75) is 45.7 Å². The van der Waals surface area contributed by atoms with Gasteiger partial charge in [-0.3, -0.25) is 13.9 Å². The van der Waals surface area contributed by atoms with Crippen molar-refractivity contribution in [2.75, 3.05) is 24.2 Å². The normalized spacial score (nSPS) is 12.0. The number of likely N-dealkylation sites (N-methyl/N-ethyl adjacent to an activating group) is 1. The first kappa shape index (κ1) is 30.2. The maximum atomic E-state index is 13.8. The van der Waals surface area contributed by atoms with Crippen molar-refractivity contribution in [1.82, 2.24) is 10.2 Å². The molecule has 3 aromatic carbocycles. The molecule has 0 spiro atoms. The standard InChI is InChI=1S/C30H36ClN3O4S/c1-22-12-8-9-15-25(22)21-33(28(30(36)32-3)20-24-13-6-5-7-14-24)29(35)18-11-19-34(39(4,37)38)27-17-10-16-26(31)23(27)2/h5-10,12-17,28H,11,18-21H2,1-4H3,(H,32,36)/t28-/m1/s1. The molecule has 3 rings (SSSR count). The topological polar surface area (TPSA) is 86.8 Å². The number of nitrogens with zero attached hydrogens (tertiary/aromatic N) is 2. The molecule has 0 unspecified atom stereocenters. The highest BCUT2D eigenvalue weighted by molar-refractivity contribution is 7.92. The summed E-state index contributed by atoms with van der Waals surface area (Å²) < 4.78 is 26.6. The van der Waals surface area contributed by atoms with Gasteiger partial charge in [-0.05, 0) is 54.7 Å². The van der Waals surface area contributed by atoms with Crippen LogP contribution in [0.4, 0.5) is 5.69 Å². The number of halogens is 1. The Kier molecular flexibility index (Phi) is 10.5. The molecule has 208 valence electrons. The van der Waals surface area contributed by atoms with Crippen molar-refractivity contribution in [3.63, 3.8) is 0 Å². The first-order chi connectivity index (χ1) is 18.5. The molecule has 0 heterocycles. The lowest BCUT2D eigenvalue weighted by Gasteiger charge is -2.32. The number of carbonyl (C=O) groups excluding carboxylic acids is 2. The first-order valence-corrected chi connectivity index (χ1v) is 15.1. The lowest BCUT2D eigenvalue weighted by molar-refractivity contribution is -0.141. The first-order valence-electron chi connectivity index (χ1n) is 12.8. The highest BCUT2D eigenvalue weighted by Crippen LogP contribution is 2.28. The Morgan fingerprint density at radius 3 is 2.26 bits per heavy atom. The predicted octanol–water partition coefficient (Wildman–Crippen LogP) is 4.89. The molecule has 1 N–H and O–H groups in total. The van der Waals surface area contributed by atoms with Crippen LogP contribution < -0.4 is 9.62 Å². The molecular formula is C30H36ClN3O4S. The van der Waals surface area contributed by atoms with E-state index >= 15 is 0 Å². The van der Waals surface area contributed by atoms with Gasteiger partial charge in [-0.15, -0.1) is 0 Å². The van der Waals surface area contributed by atoms with E-state index in [0.29, 0.717) is 22.7 Å². The van der Waals surface area contributed by atoms with Gasteiger partial charge in [0.15, 0.2) is 0 Å². The van der Waals surface area contributed by atoms with E-state index in [1.807, 2.05) is 61.5 Å². The summed E-state index contributed by atoms with van der Waals surface area (Å²) in [5.74, 6) is -0.479. The van der Waals surface area contributed by atoms with Gasteiger partial charge in [0.25, 0.3) is 0 Å². The second-order valence-electron chi connectivity index (χ2n) is 9.59. The fraction of sp³-hybridized carbons (Fsp3) is 0.333. The number of benzene rings is 3. The molecule has 0 bridgehead atoms. The van der Waals surface area contributed by atoms with E-state index in [0.717, 1.165) is 22.9 Å². The molecule has 7 nitrogen and oxygen atoms in total. The monoisotopic (exact) mass is 569 g/mol. The van der Waals surface area contributed by atoms with Crippen LogP contribution in [0.2, 0.25) is 5.02 Å². The van der Waals surface area contributed by atoms with Crippen LogP contribution in [-0.4, -0.2) is 51.0 Å². The Morgan fingerprint density at radius 2 is 1.62 bits per heavy atom. The van der Waals surface area contributed by atoms with Gasteiger partial charge in [-0.2, -0.15) is 0 Å². The summed E-state index contributed by atoms with van der Waals surface area (Å²) in [7, 11) is -2.05. The van der Waals surface area contributed by atoms with Crippen LogP contribution >= 0.6 is 11.6 Å². The van der Waals surface area contributed by atoms with Crippen molar-refractivity contribution in [3.05, 3.63) is 100 Å². The summed E-state index contributed by atoms with van der Waals surface area (Å²) >= 11 is 6.25. The molecule has 0 saturated heterocycles. The molecule has 0 aliphatic carbocycles. The molecule has 0 fully saturated rings. The van der Waals surface area contributed by atoms with Gasteiger partial charge in [-0.25, -0.2) is 8.42 Å². The Morgan fingerprint density at radius 1 is 0.949 bits per heavy atom. The number of rotatable bonds is 12. The fourth-order valence-electron chi connectivity index (χ4n) is 4.54. The second-order valence-corrected chi connectivity index (χ2v) is 11.9. The minimum absolute atomic E-state index is 0.0692. The van der Waals surface area contributed by atoms with Crippen LogP contribution in [0.25, 0.3) is 0 Å². The van der Waals surface area contributed by atoms with Gasteiger partial charge in [0.05, 0.1) is 11.9 Å². The summed E-state index contributed by atoms with van der Waals surface area (Å²) in [4.78, 5) is 28.5. The molecule has 0 aliphatic heterocycles. The zero-order chi connectivity index (χ0) is 28.6. The largest absolute Gasteiger partial charge is 0.357 e. The van der Waals surface area contributed by atoms with E-state index in [2.05, 4.69) is 5.32 Å². The van der Waals surface area contributed by atoms with Crippen LogP contribution in [0, 0.1) is 13.8 Å². The molecule has 2 amide bonds. The summed E-state index contributed by atoms with van der Waals surface area (Å²) in [5, 5.41) is 3.18. The molecular weight excluding hydrogens is 534 g/mol. The van der Waals surface area contributed by atoms with Gasteiger partial charge in [-0.1, -0.05) is 72.3 Å². The van der Waals surface area contributed by atoms with Gasteiger partial charge >= 0.3 is 0 Å². The van der Waals surface area contributed by atoms with Gasteiger partial charge < -0.3 is 10.2 Å². The third-order valence-corrected chi connectivity index (χ3v) is 8.37. The predicted molar refractivity (Wildman–Crippen MR) is 157 cm³/mol. The minimum Gasteiger partial charge on any atom is -0.357 e. The van der Waals surface area contributed by atoms with Crippen LogP contribution in [0.3, 0.4) is 0 Å². The SMILES string of the molecule is CNC(=O)[C@@H](Cc1ccccc1)N(Cc1ccccc1C)C(=O)CCCN(c1cccc(Cl)c1C)S(C)(=O)=O. The highest BCUT2D eigenvalue weighted by Gasteiger charge is 2.30. The molecule has 0 radical (unpaired) electrons. The van der Waals surface area contributed by atoms with Gasteiger partial charge in [0, 0.05) is 38.0 Å². The average Bonchev–Trinajstić information content (AvgIpc) is 2.91. The Labute approximate surface area is 236 Å². The molecule has 3 aromatic rings. The number of hydrogen-bond donors (Lipinski definition) is 1. The lowest BCUT2D eigenvalue weighted by Crippen LogP contribution is -2.50. The second kappa shape index (κ2) is 13.6. The maximum Gasteiger partial charge on any atom is 0.242 e. The van der Waals surface area contributed by atoms with Crippen molar-refractivity contribution in [3.8, 4) is 0 Å². The van der Waals surface area contributed by atoms with Crippen molar-refractivity contribution in [2.24, 2.45) is 0 Å². The number of sulfonamides is 1. The number of anilines is 1. The molecule has 1 atom stereocenters. The zero-order valence-electron chi connectivity index (χ0n) is 22.9. The number of hydrogen-bond acceptors (Lipinski definition) is 4. The number of amides is 2. The van der Waals surface area contributed by atoms with Crippen LogP contribution in [0.15, 0.2) is 72.8 Å². The smallest absolute Gasteiger partial charge is 0.242 e. The zero-order valence-corrected chi connectivity index (χ0v) is 24.4. The average molecular weight is 570 g/mol. The van der Waals surface area contributed by atoms with Crippen molar-refractivity contribution < 1.29 is 18.0 Å². The molecule has 0 aromatic heterocycles. The highest BCUT2D eigenvalue weighted by atomic mass is 35.5. The number of carbonyl (C=O) groups is 2. The third kappa shape index (κ3) is 8.07. The van der Waals surface area contributed by atoms with Crippen LogP contribution in [0.5, 0.6) is 0 Å². The van der Waals surface area contributed by atoms with Crippen LogP contribution in [0.1, 0.15) is 35.1 Å². The molecule has 0 aliphatic rings. The van der Waals surface area contributed by atoms with E-state index in [1.54, 1.807) is 37.1 Å². The van der Waals surface area contributed by atoms with Crippen molar-refractivity contribution in [1.29, 1.82) is 0 Å². The molecule has 0 saturated carbocycles.